The zero-order valence-corrected chi connectivity index (χ0v) is 29.8. The van der Waals surface area contributed by atoms with Crippen LogP contribution >= 0.6 is 45.3 Å². The lowest BCUT2D eigenvalue weighted by Crippen LogP contribution is -1.79. The Morgan fingerprint density at radius 2 is 0.708 bits per heavy atom. The number of aryl methyl sites for hydroxylation is 2. The number of benzene rings is 5. The van der Waals surface area contributed by atoms with Crippen molar-refractivity contribution in [3.05, 3.63) is 153 Å². The van der Waals surface area contributed by atoms with Crippen molar-refractivity contribution >= 4 is 109 Å². The lowest BCUT2D eigenvalue weighted by molar-refractivity contribution is 1.47. The van der Waals surface area contributed by atoms with Gasteiger partial charge in [-0.15, -0.1) is 45.3 Å². The number of fused-ring (bicyclic) bond motifs is 6. The lowest BCUT2D eigenvalue weighted by atomic mass is 10.0. The van der Waals surface area contributed by atoms with E-state index in [4.69, 9.17) is 0 Å². The predicted octanol–water partition coefficient (Wildman–Crippen LogP) is 14.8. The highest BCUT2D eigenvalue weighted by molar-refractivity contribution is 7.34. The van der Waals surface area contributed by atoms with Crippen LogP contribution in [-0.2, 0) is 0 Å². The van der Waals surface area contributed by atoms with Gasteiger partial charge >= 0.3 is 0 Å². The number of rotatable bonds is 6. The summed E-state index contributed by atoms with van der Waals surface area (Å²) in [6.07, 6.45) is 8.98. The molecule has 230 valence electrons. The first-order chi connectivity index (χ1) is 23.5. The van der Waals surface area contributed by atoms with Crippen molar-refractivity contribution in [1.29, 1.82) is 0 Å². The summed E-state index contributed by atoms with van der Waals surface area (Å²) in [7, 11) is 0. The van der Waals surface area contributed by atoms with Crippen LogP contribution < -0.4 is 0 Å². The molecule has 0 saturated heterocycles. The fourth-order valence-corrected chi connectivity index (χ4v) is 11.1. The van der Waals surface area contributed by atoms with Crippen LogP contribution in [0, 0.1) is 13.8 Å². The zero-order chi connectivity index (χ0) is 32.2. The van der Waals surface area contributed by atoms with E-state index >= 15 is 0 Å². The fraction of sp³-hybridized carbons (Fsp3) is 0.0455. The summed E-state index contributed by atoms with van der Waals surface area (Å²) in [6, 6.07) is 44.7. The average Bonchev–Trinajstić information content (AvgIpc) is 3.86. The van der Waals surface area contributed by atoms with Gasteiger partial charge in [0.25, 0.3) is 0 Å². The molecule has 5 aromatic carbocycles. The highest BCUT2D eigenvalue weighted by Crippen LogP contribution is 2.46. The largest absolute Gasteiger partial charge is 0.134 e. The maximum absolute atomic E-state index is 2.43. The Morgan fingerprint density at radius 1 is 0.354 bits per heavy atom. The summed E-state index contributed by atoms with van der Waals surface area (Å²) < 4.78 is 8.32. The fourth-order valence-electron chi connectivity index (χ4n) is 6.22. The van der Waals surface area contributed by atoms with Crippen molar-refractivity contribution in [2.75, 3.05) is 0 Å². The molecule has 4 heteroatoms. The second kappa shape index (κ2) is 12.1. The Kier molecular flexibility index (Phi) is 7.47. The van der Waals surface area contributed by atoms with Gasteiger partial charge in [0.05, 0.1) is 9.40 Å². The third-order valence-electron chi connectivity index (χ3n) is 8.92. The van der Waals surface area contributed by atoms with Crippen molar-refractivity contribution in [3.63, 3.8) is 0 Å². The summed E-state index contributed by atoms with van der Waals surface area (Å²) in [5.74, 6) is 0. The van der Waals surface area contributed by atoms with Crippen LogP contribution in [0.2, 0.25) is 0 Å². The van der Waals surface area contributed by atoms with Gasteiger partial charge in [0.1, 0.15) is 0 Å². The Balaban J connectivity index is 0.941. The smallest absolute Gasteiger partial charge is 0.0536 e. The highest BCUT2D eigenvalue weighted by atomic mass is 32.1. The van der Waals surface area contributed by atoms with Gasteiger partial charge in [0.2, 0.25) is 0 Å². The summed E-state index contributed by atoms with van der Waals surface area (Å²) in [5.41, 5.74) is 10.0. The molecule has 4 aromatic heterocycles. The Morgan fingerprint density at radius 3 is 1.08 bits per heavy atom. The van der Waals surface area contributed by atoms with Crippen molar-refractivity contribution < 1.29 is 0 Å². The third-order valence-corrected chi connectivity index (χ3v) is 13.6. The second-order valence-corrected chi connectivity index (χ2v) is 16.7. The second-order valence-electron chi connectivity index (χ2n) is 12.4. The maximum atomic E-state index is 2.43. The van der Waals surface area contributed by atoms with Crippen molar-refractivity contribution in [3.8, 4) is 22.3 Å². The van der Waals surface area contributed by atoms with Crippen LogP contribution in [0.5, 0.6) is 0 Å². The molecular formula is C44H30S4. The molecule has 0 nitrogen and oxygen atoms in total. The monoisotopic (exact) mass is 686 g/mol. The summed E-state index contributed by atoms with van der Waals surface area (Å²) in [6.45, 7) is 4.26. The summed E-state index contributed by atoms with van der Waals surface area (Å²) in [4.78, 5) is 2.60. The van der Waals surface area contributed by atoms with Crippen molar-refractivity contribution in [2.24, 2.45) is 0 Å². The molecule has 0 radical (unpaired) electrons. The molecule has 0 spiro atoms. The Hall–Kier alpha value is -4.58. The standard InChI is InChI=1S/C44H30S4/c1-27-3-13-31(14-4-27)33-17-7-29(8-18-33)11-21-35-23-41-43(45-35)37-25-40-38(26-39(37)47-41)44-42(48-40)24-36(46-44)22-12-30-9-19-34(20-10-30)32-15-5-28(2)6-16-32/h3-26H,1-2H3/b21-11+,22-12+. The van der Waals surface area contributed by atoms with Crippen LogP contribution in [0.4, 0.5) is 0 Å². The minimum atomic E-state index is 1.22. The van der Waals surface area contributed by atoms with E-state index in [1.165, 1.54) is 93.2 Å². The predicted molar refractivity (Wildman–Crippen MR) is 219 cm³/mol. The topological polar surface area (TPSA) is 0 Å². The molecular weight excluding hydrogens is 657 g/mol. The van der Waals surface area contributed by atoms with E-state index < -0.39 is 0 Å². The van der Waals surface area contributed by atoms with Crippen LogP contribution in [-0.4, -0.2) is 0 Å². The van der Waals surface area contributed by atoms with E-state index in [0.29, 0.717) is 0 Å². The van der Waals surface area contributed by atoms with Crippen LogP contribution in [0.25, 0.3) is 85.5 Å². The van der Waals surface area contributed by atoms with Gasteiger partial charge in [-0.05, 0) is 83.6 Å². The molecule has 9 rings (SSSR count). The van der Waals surface area contributed by atoms with Gasteiger partial charge < -0.3 is 0 Å². The van der Waals surface area contributed by atoms with Crippen molar-refractivity contribution in [1.82, 2.24) is 0 Å². The summed E-state index contributed by atoms with van der Waals surface area (Å²) in [5, 5.41) is 2.77. The Labute approximate surface area is 296 Å². The number of hydrogen-bond acceptors (Lipinski definition) is 4. The first kappa shape index (κ1) is 29.6. The molecule has 0 aliphatic heterocycles. The molecule has 0 bridgehead atoms. The van der Waals surface area contributed by atoms with E-state index in [2.05, 4.69) is 159 Å². The number of thiophene rings is 4. The molecule has 48 heavy (non-hydrogen) atoms. The Bertz CT molecular complexity index is 2450. The molecule has 0 fully saturated rings. The highest BCUT2D eigenvalue weighted by Gasteiger charge is 2.14. The van der Waals surface area contributed by atoms with Gasteiger partial charge in [-0.3, -0.25) is 0 Å². The van der Waals surface area contributed by atoms with E-state index in [9.17, 15) is 0 Å². The zero-order valence-electron chi connectivity index (χ0n) is 26.5. The van der Waals surface area contributed by atoms with Gasteiger partial charge in [0, 0.05) is 39.3 Å². The van der Waals surface area contributed by atoms with E-state index in [0.717, 1.165) is 0 Å². The molecule has 0 unspecified atom stereocenters. The van der Waals surface area contributed by atoms with Gasteiger partial charge in [-0.25, -0.2) is 0 Å². The normalized spacial score (nSPS) is 12.2. The molecule has 0 aliphatic rings. The van der Waals surface area contributed by atoms with E-state index in [1.807, 2.05) is 45.3 Å². The third kappa shape index (κ3) is 5.65. The number of hydrogen-bond donors (Lipinski definition) is 0. The SMILES string of the molecule is Cc1ccc(-c2ccc(/C=C/c3cc4sc5cc6c(cc5c4s3)sc3cc(/C=C/c4ccc(-c5ccc(C)cc5)cc4)sc36)cc2)cc1. The lowest BCUT2D eigenvalue weighted by Gasteiger charge is -2.03. The minimum absolute atomic E-state index is 1.22. The molecule has 4 heterocycles. The molecule has 0 saturated carbocycles. The van der Waals surface area contributed by atoms with E-state index in [1.54, 1.807) is 0 Å². The van der Waals surface area contributed by atoms with Crippen LogP contribution in [0.3, 0.4) is 0 Å². The summed E-state index contributed by atoms with van der Waals surface area (Å²) >= 11 is 7.64. The minimum Gasteiger partial charge on any atom is -0.134 e. The molecule has 0 amide bonds. The van der Waals surface area contributed by atoms with Gasteiger partial charge in [-0.2, -0.15) is 0 Å². The molecule has 0 atom stereocenters. The van der Waals surface area contributed by atoms with E-state index in [-0.39, 0.29) is 0 Å². The van der Waals surface area contributed by atoms with Gasteiger partial charge in [-0.1, -0.05) is 120 Å². The van der Waals surface area contributed by atoms with Crippen LogP contribution in [0.1, 0.15) is 32.0 Å². The van der Waals surface area contributed by atoms with Crippen molar-refractivity contribution in [2.45, 2.75) is 13.8 Å². The first-order valence-corrected chi connectivity index (χ1v) is 19.3. The maximum Gasteiger partial charge on any atom is 0.0536 e. The van der Waals surface area contributed by atoms with Gasteiger partial charge in [0.15, 0.2) is 0 Å². The quantitative estimate of drug-likeness (QED) is 0.163. The molecule has 9 aromatic rings. The molecule has 0 N–H and O–H groups in total. The molecule has 0 aliphatic carbocycles. The first-order valence-electron chi connectivity index (χ1n) is 16.0. The average molecular weight is 687 g/mol. The van der Waals surface area contributed by atoms with Crippen LogP contribution in [0.15, 0.2) is 121 Å².